The van der Waals surface area contributed by atoms with E-state index < -0.39 is 10.0 Å². The molecule has 2 rings (SSSR count). The van der Waals surface area contributed by atoms with Crippen molar-refractivity contribution in [3.63, 3.8) is 0 Å². The van der Waals surface area contributed by atoms with Crippen LogP contribution in [0.25, 0.3) is 0 Å². The van der Waals surface area contributed by atoms with E-state index in [0.717, 1.165) is 38.0 Å². The standard InChI is InChI=1S/C15H25N3O2S/c1-3-18-9-7-14(8-10-18)17-12(2)13-5-4-6-15(11-13)21(16,19)20/h4-6,11-12,14,17H,3,7-10H2,1-2H3,(H2,16,19,20). The third-order valence-electron chi connectivity index (χ3n) is 4.21. The first kappa shape index (κ1) is 16.4. The number of nitrogens with two attached hydrogens (primary N) is 1. The van der Waals surface area contributed by atoms with Crippen molar-refractivity contribution in [3.8, 4) is 0 Å². The van der Waals surface area contributed by atoms with Crippen LogP contribution in [0, 0.1) is 0 Å². The van der Waals surface area contributed by atoms with Crippen molar-refractivity contribution in [1.29, 1.82) is 0 Å². The predicted octanol–water partition coefficient (Wildman–Crippen LogP) is 1.47. The lowest BCUT2D eigenvalue weighted by Gasteiger charge is -2.33. The fraction of sp³-hybridized carbons (Fsp3) is 0.600. The molecule has 1 heterocycles. The second kappa shape index (κ2) is 6.87. The summed E-state index contributed by atoms with van der Waals surface area (Å²) in [7, 11) is -3.64. The van der Waals surface area contributed by atoms with Gasteiger partial charge in [-0.1, -0.05) is 19.1 Å². The number of hydrogen-bond donors (Lipinski definition) is 2. The monoisotopic (exact) mass is 311 g/mol. The fourth-order valence-corrected chi connectivity index (χ4v) is 3.40. The molecule has 3 N–H and O–H groups in total. The quantitative estimate of drug-likeness (QED) is 0.863. The van der Waals surface area contributed by atoms with Crippen molar-refractivity contribution in [3.05, 3.63) is 29.8 Å². The molecular formula is C15H25N3O2S. The molecule has 1 aromatic carbocycles. The summed E-state index contributed by atoms with van der Waals surface area (Å²) < 4.78 is 22.8. The molecule has 1 unspecified atom stereocenters. The minimum atomic E-state index is -3.64. The minimum Gasteiger partial charge on any atom is -0.307 e. The summed E-state index contributed by atoms with van der Waals surface area (Å²) in [6.45, 7) is 7.61. The maximum Gasteiger partial charge on any atom is 0.238 e. The van der Waals surface area contributed by atoms with E-state index in [1.807, 2.05) is 6.07 Å². The molecule has 0 radical (unpaired) electrons. The molecule has 5 nitrogen and oxygen atoms in total. The fourth-order valence-electron chi connectivity index (χ4n) is 2.83. The Kier molecular flexibility index (Phi) is 5.37. The molecule has 1 aliphatic heterocycles. The number of likely N-dealkylation sites (tertiary alicyclic amines) is 1. The summed E-state index contributed by atoms with van der Waals surface area (Å²) in [5, 5.41) is 8.78. The van der Waals surface area contributed by atoms with Crippen molar-refractivity contribution in [2.75, 3.05) is 19.6 Å². The molecule has 0 saturated carbocycles. The highest BCUT2D eigenvalue weighted by molar-refractivity contribution is 7.89. The van der Waals surface area contributed by atoms with E-state index in [1.165, 1.54) is 6.07 Å². The van der Waals surface area contributed by atoms with Crippen LogP contribution >= 0.6 is 0 Å². The molecule has 0 amide bonds. The van der Waals surface area contributed by atoms with Crippen LogP contribution in [0.5, 0.6) is 0 Å². The van der Waals surface area contributed by atoms with Gasteiger partial charge in [-0.3, -0.25) is 0 Å². The topological polar surface area (TPSA) is 75.4 Å². The van der Waals surface area contributed by atoms with Gasteiger partial charge in [0, 0.05) is 12.1 Å². The number of nitrogens with one attached hydrogen (secondary N) is 1. The molecule has 0 bridgehead atoms. The molecule has 1 fully saturated rings. The van der Waals surface area contributed by atoms with Gasteiger partial charge in [-0.15, -0.1) is 0 Å². The normalized spacial score (nSPS) is 19.6. The first-order valence-electron chi connectivity index (χ1n) is 7.51. The van der Waals surface area contributed by atoms with E-state index in [-0.39, 0.29) is 10.9 Å². The first-order chi connectivity index (χ1) is 9.90. The molecule has 1 aromatic rings. The van der Waals surface area contributed by atoms with Crippen molar-refractivity contribution in [2.24, 2.45) is 5.14 Å². The average Bonchev–Trinajstić information content (AvgIpc) is 2.47. The molecule has 0 spiro atoms. The number of nitrogens with zero attached hydrogens (tertiary/aromatic N) is 1. The van der Waals surface area contributed by atoms with Crippen LogP contribution < -0.4 is 10.5 Å². The summed E-state index contributed by atoms with van der Waals surface area (Å²) in [6.07, 6.45) is 2.26. The molecule has 0 aliphatic carbocycles. The smallest absolute Gasteiger partial charge is 0.238 e. The van der Waals surface area contributed by atoms with Crippen LogP contribution in [0.1, 0.15) is 38.3 Å². The Bertz CT molecular complexity index is 566. The second-order valence-electron chi connectivity index (χ2n) is 5.71. The largest absolute Gasteiger partial charge is 0.307 e. The SMILES string of the molecule is CCN1CCC(NC(C)c2cccc(S(N)(=O)=O)c2)CC1. The second-order valence-corrected chi connectivity index (χ2v) is 7.28. The lowest BCUT2D eigenvalue weighted by atomic mass is 10.0. The van der Waals surface area contributed by atoms with Gasteiger partial charge in [-0.25, -0.2) is 13.6 Å². The van der Waals surface area contributed by atoms with Gasteiger partial charge in [-0.05, 0) is 57.1 Å². The lowest BCUT2D eigenvalue weighted by molar-refractivity contribution is 0.200. The highest BCUT2D eigenvalue weighted by atomic mass is 32.2. The van der Waals surface area contributed by atoms with Gasteiger partial charge in [0.1, 0.15) is 0 Å². The van der Waals surface area contributed by atoms with E-state index in [0.29, 0.717) is 6.04 Å². The van der Waals surface area contributed by atoms with Gasteiger partial charge in [0.15, 0.2) is 0 Å². The zero-order chi connectivity index (χ0) is 15.5. The van der Waals surface area contributed by atoms with Crippen LogP contribution in [0.2, 0.25) is 0 Å². The van der Waals surface area contributed by atoms with Crippen molar-refractivity contribution in [2.45, 2.75) is 43.7 Å². The van der Waals surface area contributed by atoms with Gasteiger partial charge >= 0.3 is 0 Å². The molecule has 1 aliphatic rings. The Morgan fingerprint density at radius 1 is 1.38 bits per heavy atom. The summed E-state index contributed by atoms with van der Waals surface area (Å²) in [6, 6.07) is 7.48. The van der Waals surface area contributed by atoms with Gasteiger partial charge < -0.3 is 10.2 Å². The van der Waals surface area contributed by atoms with Crippen LogP contribution in [-0.2, 0) is 10.0 Å². The van der Waals surface area contributed by atoms with Gasteiger partial charge in [0.05, 0.1) is 4.90 Å². The van der Waals surface area contributed by atoms with Gasteiger partial charge in [-0.2, -0.15) is 0 Å². The Morgan fingerprint density at radius 3 is 2.62 bits per heavy atom. The molecule has 118 valence electrons. The first-order valence-corrected chi connectivity index (χ1v) is 9.06. The molecule has 6 heteroatoms. The van der Waals surface area contributed by atoms with Crippen LogP contribution in [-0.4, -0.2) is 39.0 Å². The van der Waals surface area contributed by atoms with Gasteiger partial charge in [0.25, 0.3) is 0 Å². The summed E-state index contributed by atoms with van der Waals surface area (Å²) in [4.78, 5) is 2.62. The highest BCUT2D eigenvalue weighted by Crippen LogP contribution is 2.19. The Balaban J connectivity index is 1.99. The third kappa shape index (κ3) is 4.51. The Morgan fingerprint density at radius 2 is 2.05 bits per heavy atom. The number of benzene rings is 1. The number of sulfonamides is 1. The summed E-state index contributed by atoms with van der Waals surface area (Å²) in [5.74, 6) is 0. The van der Waals surface area contributed by atoms with Crippen molar-refractivity contribution in [1.82, 2.24) is 10.2 Å². The molecular weight excluding hydrogens is 286 g/mol. The highest BCUT2D eigenvalue weighted by Gasteiger charge is 2.20. The Labute approximate surface area is 127 Å². The molecule has 1 atom stereocenters. The average molecular weight is 311 g/mol. The van der Waals surface area contributed by atoms with E-state index in [4.69, 9.17) is 5.14 Å². The number of primary sulfonamides is 1. The third-order valence-corrected chi connectivity index (χ3v) is 5.12. The maximum absolute atomic E-state index is 11.4. The zero-order valence-corrected chi connectivity index (χ0v) is 13.6. The van der Waals surface area contributed by atoms with E-state index in [9.17, 15) is 8.42 Å². The van der Waals surface area contributed by atoms with Crippen LogP contribution in [0.3, 0.4) is 0 Å². The molecule has 21 heavy (non-hydrogen) atoms. The summed E-state index contributed by atoms with van der Waals surface area (Å²) in [5.41, 5.74) is 0.958. The van der Waals surface area contributed by atoms with Crippen molar-refractivity contribution < 1.29 is 8.42 Å². The van der Waals surface area contributed by atoms with Crippen LogP contribution in [0.15, 0.2) is 29.2 Å². The number of piperidine rings is 1. The van der Waals surface area contributed by atoms with E-state index in [1.54, 1.807) is 12.1 Å². The van der Waals surface area contributed by atoms with Gasteiger partial charge in [0.2, 0.25) is 10.0 Å². The maximum atomic E-state index is 11.4. The Hall–Kier alpha value is -0.950. The lowest BCUT2D eigenvalue weighted by Crippen LogP contribution is -2.43. The van der Waals surface area contributed by atoms with E-state index in [2.05, 4.69) is 24.1 Å². The number of hydrogen-bond acceptors (Lipinski definition) is 4. The van der Waals surface area contributed by atoms with E-state index >= 15 is 0 Å². The molecule has 0 aromatic heterocycles. The number of rotatable bonds is 5. The summed E-state index contributed by atoms with van der Waals surface area (Å²) >= 11 is 0. The minimum absolute atomic E-state index is 0.116. The van der Waals surface area contributed by atoms with Crippen LogP contribution in [0.4, 0.5) is 0 Å². The molecule has 1 saturated heterocycles. The van der Waals surface area contributed by atoms with Crippen molar-refractivity contribution >= 4 is 10.0 Å². The predicted molar refractivity (Wildman–Crippen MR) is 84.5 cm³/mol. The zero-order valence-electron chi connectivity index (χ0n) is 12.7.